The van der Waals surface area contributed by atoms with Crippen LogP contribution in [0.2, 0.25) is 0 Å². The van der Waals surface area contributed by atoms with Crippen molar-refractivity contribution in [3.63, 3.8) is 0 Å². The molecule has 0 aromatic heterocycles. The lowest BCUT2D eigenvalue weighted by Gasteiger charge is -2.02. The summed E-state index contributed by atoms with van der Waals surface area (Å²) in [5.41, 5.74) is 7.29. The molecule has 0 heterocycles. The molecule has 0 saturated heterocycles. The van der Waals surface area contributed by atoms with Crippen molar-refractivity contribution in [2.24, 2.45) is 5.73 Å². The van der Waals surface area contributed by atoms with Gasteiger partial charge in [0.1, 0.15) is 5.82 Å². The van der Waals surface area contributed by atoms with Gasteiger partial charge in [-0.25, -0.2) is 4.39 Å². The maximum absolute atomic E-state index is 13.0. The van der Waals surface area contributed by atoms with Crippen molar-refractivity contribution in [1.29, 1.82) is 0 Å². The largest absolute Gasteiger partial charge is 0.326 e. The van der Waals surface area contributed by atoms with Gasteiger partial charge >= 0.3 is 0 Å². The van der Waals surface area contributed by atoms with E-state index in [4.69, 9.17) is 5.73 Å². The predicted octanol–water partition coefficient (Wildman–Crippen LogP) is 2.16. The number of benzene rings is 1. The van der Waals surface area contributed by atoms with Crippen LogP contribution >= 0.6 is 0 Å². The molecule has 1 fully saturated rings. The van der Waals surface area contributed by atoms with E-state index < -0.39 is 0 Å². The number of hydrogen-bond donors (Lipinski definition) is 1. The Morgan fingerprint density at radius 1 is 1.42 bits per heavy atom. The zero-order chi connectivity index (χ0) is 8.55. The van der Waals surface area contributed by atoms with Gasteiger partial charge in [0.05, 0.1) is 0 Å². The molecule has 1 aliphatic rings. The fraction of sp³-hybridized carbons (Fsp3) is 0.400. The zero-order valence-electron chi connectivity index (χ0n) is 6.89. The van der Waals surface area contributed by atoms with Gasteiger partial charge in [-0.1, -0.05) is 12.1 Å². The number of hydrogen-bond acceptors (Lipinski definition) is 1. The lowest BCUT2D eigenvalue weighted by Crippen LogP contribution is -2.00. The number of rotatable bonds is 2. The molecular formula is C10H12FN. The van der Waals surface area contributed by atoms with Gasteiger partial charge in [-0.3, -0.25) is 0 Å². The van der Waals surface area contributed by atoms with E-state index in [1.165, 1.54) is 24.5 Å². The quantitative estimate of drug-likeness (QED) is 0.714. The molecule has 64 valence electrons. The molecule has 1 saturated carbocycles. The van der Waals surface area contributed by atoms with Crippen LogP contribution in [0.3, 0.4) is 0 Å². The van der Waals surface area contributed by atoms with Gasteiger partial charge in [0.15, 0.2) is 0 Å². The molecule has 1 nitrogen and oxygen atoms in total. The normalized spacial score (nSPS) is 16.5. The first-order valence-corrected chi connectivity index (χ1v) is 4.29. The lowest BCUT2D eigenvalue weighted by molar-refractivity contribution is 0.609. The van der Waals surface area contributed by atoms with Gasteiger partial charge in [-0.2, -0.15) is 0 Å². The fourth-order valence-corrected chi connectivity index (χ4v) is 1.42. The highest BCUT2D eigenvalue weighted by Crippen LogP contribution is 2.40. The fourth-order valence-electron chi connectivity index (χ4n) is 1.42. The van der Waals surface area contributed by atoms with E-state index in [1.807, 2.05) is 12.1 Å². The maximum Gasteiger partial charge on any atom is 0.127 e. The van der Waals surface area contributed by atoms with E-state index in [9.17, 15) is 4.39 Å². The molecule has 12 heavy (non-hydrogen) atoms. The van der Waals surface area contributed by atoms with Crippen LogP contribution in [-0.2, 0) is 6.54 Å². The summed E-state index contributed by atoms with van der Waals surface area (Å²) in [5, 5.41) is 0. The lowest BCUT2D eigenvalue weighted by atomic mass is 10.1. The molecule has 0 atom stereocenters. The Morgan fingerprint density at radius 3 is 2.75 bits per heavy atom. The number of nitrogens with two attached hydrogens (primary N) is 1. The highest BCUT2D eigenvalue weighted by atomic mass is 19.1. The minimum absolute atomic E-state index is 0.179. The van der Waals surface area contributed by atoms with Crippen molar-refractivity contribution >= 4 is 0 Å². The van der Waals surface area contributed by atoms with Crippen LogP contribution in [0, 0.1) is 5.82 Å². The molecule has 0 unspecified atom stereocenters. The van der Waals surface area contributed by atoms with Crippen molar-refractivity contribution in [3.8, 4) is 0 Å². The highest BCUT2D eigenvalue weighted by Gasteiger charge is 2.23. The molecule has 2 heteroatoms. The van der Waals surface area contributed by atoms with Gasteiger partial charge in [0.25, 0.3) is 0 Å². The third-order valence-electron chi connectivity index (χ3n) is 2.34. The summed E-state index contributed by atoms with van der Waals surface area (Å²) in [7, 11) is 0. The van der Waals surface area contributed by atoms with E-state index in [0.717, 1.165) is 0 Å². The second kappa shape index (κ2) is 2.87. The van der Waals surface area contributed by atoms with Crippen LogP contribution in [0.25, 0.3) is 0 Å². The van der Waals surface area contributed by atoms with Crippen molar-refractivity contribution in [2.45, 2.75) is 25.3 Å². The Balaban J connectivity index is 2.33. The molecule has 1 aromatic rings. The van der Waals surface area contributed by atoms with E-state index in [2.05, 4.69) is 0 Å². The maximum atomic E-state index is 13.0. The molecule has 1 aliphatic carbocycles. The number of halogens is 1. The van der Waals surface area contributed by atoms with Gasteiger partial charge < -0.3 is 5.73 Å². The Hall–Kier alpha value is -0.890. The first kappa shape index (κ1) is 7.74. The van der Waals surface area contributed by atoms with Crippen molar-refractivity contribution in [1.82, 2.24) is 0 Å². The first-order chi connectivity index (χ1) is 5.81. The average Bonchev–Trinajstić information content (AvgIpc) is 2.88. The summed E-state index contributed by atoms with van der Waals surface area (Å²) in [6.07, 6.45) is 2.49. The smallest absolute Gasteiger partial charge is 0.127 e. The van der Waals surface area contributed by atoms with Crippen LogP contribution in [0.5, 0.6) is 0 Å². The van der Waals surface area contributed by atoms with Gasteiger partial charge in [0, 0.05) is 12.1 Å². The molecule has 0 amide bonds. The van der Waals surface area contributed by atoms with Crippen LogP contribution in [-0.4, -0.2) is 0 Å². The molecule has 2 N–H and O–H groups in total. The first-order valence-electron chi connectivity index (χ1n) is 4.29. The van der Waals surface area contributed by atoms with E-state index in [-0.39, 0.29) is 5.82 Å². The Morgan fingerprint density at radius 2 is 2.17 bits per heavy atom. The van der Waals surface area contributed by atoms with Crippen molar-refractivity contribution in [2.75, 3.05) is 0 Å². The summed E-state index contributed by atoms with van der Waals surface area (Å²) in [4.78, 5) is 0. The molecular weight excluding hydrogens is 153 g/mol. The molecule has 0 radical (unpaired) electrons. The minimum Gasteiger partial charge on any atom is -0.326 e. The van der Waals surface area contributed by atoms with Crippen molar-refractivity contribution < 1.29 is 4.39 Å². The van der Waals surface area contributed by atoms with Gasteiger partial charge in [0.2, 0.25) is 0 Å². The monoisotopic (exact) mass is 165 g/mol. The summed E-state index contributed by atoms with van der Waals surface area (Å²) < 4.78 is 13.0. The van der Waals surface area contributed by atoms with Crippen LogP contribution in [0.15, 0.2) is 18.2 Å². The molecule has 1 aromatic carbocycles. The third kappa shape index (κ3) is 1.34. The molecule has 0 aliphatic heterocycles. The summed E-state index contributed by atoms with van der Waals surface area (Å²) in [5.74, 6) is 0.498. The summed E-state index contributed by atoms with van der Waals surface area (Å²) in [6.45, 7) is 0.298. The Labute approximate surface area is 71.4 Å². The molecule has 0 bridgehead atoms. The Kier molecular flexibility index (Phi) is 1.85. The molecule has 0 spiro atoms. The predicted molar refractivity (Wildman–Crippen MR) is 46.3 cm³/mol. The Bertz CT molecular complexity index is 292. The second-order valence-corrected chi connectivity index (χ2v) is 3.33. The van der Waals surface area contributed by atoms with E-state index in [1.54, 1.807) is 0 Å². The molecule has 2 rings (SSSR count). The van der Waals surface area contributed by atoms with Crippen LogP contribution < -0.4 is 5.73 Å². The third-order valence-corrected chi connectivity index (χ3v) is 2.34. The minimum atomic E-state index is -0.179. The van der Waals surface area contributed by atoms with Gasteiger partial charge in [-0.15, -0.1) is 0 Å². The average molecular weight is 165 g/mol. The topological polar surface area (TPSA) is 26.0 Å². The van der Waals surface area contributed by atoms with E-state index in [0.29, 0.717) is 18.0 Å². The highest BCUT2D eigenvalue weighted by molar-refractivity contribution is 5.30. The van der Waals surface area contributed by atoms with Gasteiger partial charge in [-0.05, 0) is 30.4 Å². The van der Waals surface area contributed by atoms with Crippen LogP contribution in [0.4, 0.5) is 4.39 Å². The SMILES string of the molecule is NCc1cc(C2CC2)ccc1F. The summed E-state index contributed by atoms with van der Waals surface area (Å²) >= 11 is 0. The van der Waals surface area contributed by atoms with Crippen molar-refractivity contribution in [3.05, 3.63) is 35.1 Å². The second-order valence-electron chi connectivity index (χ2n) is 3.33. The van der Waals surface area contributed by atoms with E-state index >= 15 is 0 Å². The van der Waals surface area contributed by atoms with Crippen LogP contribution in [0.1, 0.15) is 29.9 Å². The standard InChI is InChI=1S/C10H12FN/c11-10-4-3-8(7-1-2-7)5-9(10)6-12/h3-5,7H,1-2,6,12H2. The summed E-state index contributed by atoms with van der Waals surface area (Å²) in [6, 6.07) is 5.29. The zero-order valence-corrected chi connectivity index (χ0v) is 6.89.